The van der Waals surface area contributed by atoms with Gasteiger partial charge in [0.15, 0.2) is 6.29 Å². The third-order valence-corrected chi connectivity index (χ3v) is 5.53. The lowest BCUT2D eigenvalue weighted by atomic mass is 9.80. The van der Waals surface area contributed by atoms with Gasteiger partial charge in [0.1, 0.15) is 0 Å². The second kappa shape index (κ2) is 5.10. The summed E-state index contributed by atoms with van der Waals surface area (Å²) >= 11 is 0. The Bertz CT molecular complexity index is 275. The highest BCUT2D eigenvalue weighted by Crippen LogP contribution is 2.62. The molecule has 3 heteroatoms. The minimum absolute atomic E-state index is 0.0561. The lowest BCUT2D eigenvalue weighted by Crippen LogP contribution is -2.25. The first-order valence-electron chi connectivity index (χ1n) is 7.60. The number of fused-ring (bicyclic) bond motifs is 2. The summed E-state index contributed by atoms with van der Waals surface area (Å²) in [5.41, 5.74) is 0.763. The number of aliphatic hydroxyl groups excluding tert-OH is 1. The van der Waals surface area contributed by atoms with E-state index in [-0.39, 0.29) is 11.7 Å². The van der Waals surface area contributed by atoms with Crippen molar-refractivity contribution < 1.29 is 14.6 Å². The molecular formula is C15H26O3. The largest absolute Gasteiger partial charge is 0.396 e. The molecule has 0 spiro atoms. The smallest absolute Gasteiger partial charge is 0.157 e. The van der Waals surface area contributed by atoms with Crippen LogP contribution in [-0.2, 0) is 9.47 Å². The van der Waals surface area contributed by atoms with Gasteiger partial charge >= 0.3 is 0 Å². The Kier molecular flexibility index (Phi) is 3.65. The molecule has 2 bridgehead atoms. The highest BCUT2D eigenvalue weighted by molar-refractivity contribution is 5.04. The molecule has 3 nitrogen and oxygen atoms in total. The van der Waals surface area contributed by atoms with E-state index >= 15 is 0 Å². The van der Waals surface area contributed by atoms with E-state index in [9.17, 15) is 5.11 Å². The van der Waals surface area contributed by atoms with Crippen molar-refractivity contribution in [2.75, 3.05) is 19.8 Å². The molecule has 3 aliphatic rings. The van der Waals surface area contributed by atoms with Crippen molar-refractivity contribution in [1.29, 1.82) is 0 Å². The summed E-state index contributed by atoms with van der Waals surface area (Å²) in [7, 11) is 0. The maximum absolute atomic E-state index is 9.54. The molecule has 1 N–H and O–H groups in total. The lowest BCUT2D eigenvalue weighted by Gasteiger charge is -2.28. The Morgan fingerprint density at radius 3 is 2.50 bits per heavy atom. The predicted molar refractivity (Wildman–Crippen MR) is 69.2 cm³/mol. The zero-order valence-electron chi connectivity index (χ0n) is 11.3. The van der Waals surface area contributed by atoms with E-state index in [4.69, 9.17) is 9.47 Å². The molecule has 1 aliphatic heterocycles. The average Bonchev–Trinajstić information content (AvgIpc) is 2.97. The van der Waals surface area contributed by atoms with Crippen LogP contribution in [0.25, 0.3) is 0 Å². The summed E-state index contributed by atoms with van der Waals surface area (Å²) in [4.78, 5) is 0. The second-order valence-electron chi connectivity index (χ2n) is 6.75. The molecule has 1 heterocycles. The first kappa shape index (κ1) is 12.9. The molecule has 0 aromatic heterocycles. The molecule has 0 radical (unpaired) electrons. The summed E-state index contributed by atoms with van der Waals surface area (Å²) in [6, 6.07) is 0. The van der Waals surface area contributed by atoms with Gasteiger partial charge in [-0.2, -0.15) is 0 Å². The molecule has 1 saturated heterocycles. The standard InChI is InChI=1S/C15H26O3/c16-12-15-6-4-14(11-15,5-7-15)8-10-18-13-3-1-2-9-17-13/h13,16H,1-12H2. The Labute approximate surface area is 110 Å². The average molecular weight is 254 g/mol. The molecule has 0 aromatic rings. The minimum Gasteiger partial charge on any atom is -0.396 e. The number of aliphatic hydroxyl groups is 1. The highest BCUT2D eigenvalue weighted by Gasteiger charge is 2.53. The van der Waals surface area contributed by atoms with E-state index in [1.54, 1.807) is 0 Å². The summed E-state index contributed by atoms with van der Waals surface area (Å²) in [6.45, 7) is 2.09. The van der Waals surface area contributed by atoms with Crippen molar-refractivity contribution >= 4 is 0 Å². The SMILES string of the molecule is OCC12CCC(CCOC3CCCCO3)(CC1)C2. The molecule has 1 unspecified atom stereocenters. The Balaban J connectivity index is 1.43. The predicted octanol–water partition coefficient (Wildman–Crippen LogP) is 2.86. The number of hydrogen-bond acceptors (Lipinski definition) is 3. The number of rotatable bonds is 5. The quantitative estimate of drug-likeness (QED) is 0.820. The molecule has 104 valence electrons. The van der Waals surface area contributed by atoms with E-state index in [0.29, 0.717) is 12.0 Å². The Morgan fingerprint density at radius 1 is 1.11 bits per heavy atom. The molecule has 1 atom stereocenters. The van der Waals surface area contributed by atoms with Crippen LogP contribution in [0.3, 0.4) is 0 Å². The van der Waals surface area contributed by atoms with E-state index < -0.39 is 0 Å². The third kappa shape index (κ3) is 2.45. The Hall–Kier alpha value is -0.120. The topological polar surface area (TPSA) is 38.7 Å². The second-order valence-corrected chi connectivity index (χ2v) is 6.75. The van der Waals surface area contributed by atoms with Gasteiger partial charge in [-0.15, -0.1) is 0 Å². The molecule has 0 aromatic carbocycles. The van der Waals surface area contributed by atoms with Crippen LogP contribution in [0.2, 0.25) is 0 Å². The van der Waals surface area contributed by atoms with Crippen LogP contribution in [0.4, 0.5) is 0 Å². The Morgan fingerprint density at radius 2 is 1.89 bits per heavy atom. The molecule has 18 heavy (non-hydrogen) atoms. The van der Waals surface area contributed by atoms with E-state index in [2.05, 4.69) is 0 Å². The van der Waals surface area contributed by atoms with Crippen LogP contribution in [0.5, 0.6) is 0 Å². The maximum Gasteiger partial charge on any atom is 0.157 e. The van der Waals surface area contributed by atoms with Crippen molar-refractivity contribution in [3.8, 4) is 0 Å². The number of hydrogen-bond donors (Lipinski definition) is 1. The number of ether oxygens (including phenoxy) is 2. The highest BCUT2D eigenvalue weighted by atomic mass is 16.7. The summed E-state index contributed by atoms with van der Waals surface area (Å²) in [5, 5.41) is 9.54. The van der Waals surface area contributed by atoms with Gasteiger partial charge in [-0.3, -0.25) is 0 Å². The van der Waals surface area contributed by atoms with Gasteiger partial charge in [-0.05, 0) is 68.6 Å². The molecule has 0 amide bonds. The maximum atomic E-state index is 9.54. The fourth-order valence-electron chi connectivity index (χ4n) is 4.26. The van der Waals surface area contributed by atoms with Crippen molar-refractivity contribution in [2.45, 2.75) is 64.1 Å². The van der Waals surface area contributed by atoms with Gasteiger partial charge in [0.2, 0.25) is 0 Å². The van der Waals surface area contributed by atoms with Gasteiger partial charge in [0, 0.05) is 13.2 Å². The van der Waals surface area contributed by atoms with E-state index in [1.807, 2.05) is 0 Å². The summed E-state index contributed by atoms with van der Waals surface area (Å²) in [6.07, 6.45) is 11.0. The summed E-state index contributed by atoms with van der Waals surface area (Å²) < 4.78 is 11.5. The van der Waals surface area contributed by atoms with Crippen molar-refractivity contribution in [3.63, 3.8) is 0 Å². The minimum atomic E-state index is 0.0561. The molecule has 3 rings (SSSR count). The van der Waals surface area contributed by atoms with Crippen LogP contribution in [-0.4, -0.2) is 31.2 Å². The van der Waals surface area contributed by atoms with Gasteiger partial charge in [0.05, 0.1) is 6.61 Å². The first-order chi connectivity index (χ1) is 8.76. The monoisotopic (exact) mass is 254 g/mol. The van der Waals surface area contributed by atoms with E-state index in [1.165, 1.54) is 44.9 Å². The van der Waals surface area contributed by atoms with Crippen LogP contribution in [0, 0.1) is 10.8 Å². The van der Waals surface area contributed by atoms with Gasteiger partial charge in [-0.1, -0.05) is 0 Å². The van der Waals surface area contributed by atoms with Gasteiger partial charge < -0.3 is 14.6 Å². The molecule has 2 aliphatic carbocycles. The van der Waals surface area contributed by atoms with Crippen molar-refractivity contribution in [3.05, 3.63) is 0 Å². The fourth-order valence-corrected chi connectivity index (χ4v) is 4.26. The van der Waals surface area contributed by atoms with Crippen LogP contribution < -0.4 is 0 Å². The normalized spacial score (nSPS) is 43.5. The zero-order valence-corrected chi connectivity index (χ0v) is 11.3. The van der Waals surface area contributed by atoms with Gasteiger partial charge in [0.25, 0.3) is 0 Å². The van der Waals surface area contributed by atoms with Gasteiger partial charge in [-0.25, -0.2) is 0 Å². The third-order valence-electron chi connectivity index (χ3n) is 5.53. The molecule has 3 fully saturated rings. The van der Waals surface area contributed by atoms with E-state index in [0.717, 1.165) is 26.1 Å². The zero-order chi connectivity index (χ0) is 12.5. The van der Waals surface area contributed by atoms with Crippen LogP contribution in [0.15, 0.2) is 0 Å². The van der Waals surface area contributed by atoms with Crippen LogP contribution >= 0.6 is 0 Å². The van der Waals surface area contributed by atoms with Crippen LogP contribution in [0.1, 0.15) is 57.8 Å². The molecular weight excluding hydrogens is 228 g/mol. The summed E-state index contributed by atoms with van der Waals surface area (Å²) in [5.74, 6) is 0. The van der Waals surface area contributed by atoms with Crippen molar-refractivity contribution in [1.82, 2.24) is 0 Å². The lowest BCUT2D eigenvalue weighted by molar-refractivity contribution is -0.166. The first-order valence-corrected chi connectivity index (χ1v) is 7.60. The van der Waals surface area contributed by atoms with Crippen molar-refractivity contribution in [2.24, 2.45) is 10.8 Å². The fraction of sp³-hybridized carbons (Fsp3) is 1.00. The molecule has 2 saturated carbocycles.